The number of anilines is 1. The summed E-state index contributed by atoms with van der Waals surface area (Å²) in [5.74, 6) is 0.163. The summed E-state index contributed by atoms with van der Waals surface area (Å²) in [5, 5.41) is 13.1. The second-order valence-electron chi connectivity index (χ2n) is 11.9. The Balaban J connectivity index is 1.56. The molecular formula is C30H37N5O2. The van der Waals surface area contributed by atoms with Gasteiger partial charge in [0.15, 0.2) is 6.19 Å². The molecule has 0 spiro atoms. The number of benzene rings is 1. The van der Waals surface area contributed by atoms with Crippen molar-refractivity contribution >= 4 is 17.5 Å². The Morgan fingerprint density at radius 2 is 1.86 bits per heavy atom. The number of piperidine rings is 1. The number of nitrogens with zero attached hydrogens (tertiary/aromatic N) is 4. The summed E-state index contributed by atoms with van der Waals surface area (Å²) in [4.78, 5) is 35.9. The van der Waals surface area contributed by atoms with Crippen molar-refractivity contribution in [2.24, 2.45) is 11.8 Å². The van der Waals surface area contributed by atoms with E-state index in [0.29, 0.717) is 23.7 Å². The monoisotopic (exact) mass is 499 g/mol. The number of carbonyl (C=O) groups excluding carboxylic acids is 2. The van der Waals surface area contributed by atoms with E-state index in [1.165, 1.54) is 6.42 Å². The van der Waals surface area contributed by atoms with E-state index >= 15 is 0 Å². The first-order valence-corrected chi connectivity index (χ1v) is 13.6. The topological polar surface area (TPSA) is 89.3 Å². The fraction of sp³-hybridized carbons (Fsp3) is 0.533. The Labute approximate surface area is 219 Å². The molecule has 194 valence electrons. The Hall–Kier alpha value is -3.40. The molecule has 0 bridgehead atoms. The lowest BCUT2D eigenvalue weighted by atomic mass is 9.87. The van der Waals surface area contributed by atoms with Crippen molar-refractivity contribution in [1.82, 2.24) is 15.2 Å². The number of fused-ring (bicyclic) bond motifs is 1. The van der Waals surface area contributed by atoms with Crippen LogP contribution in [0.1, 0.15) is 76.5 Å². The third-order valence-electron chi connectivity index (χ3n) is 8.24. The molecule has 5 rings (SSSR count). The average molecular weight is 500 g/mol. The quantitative estimate of drug-likeness (QED) is 0.582. The van der Waals surface area contributed by atoms with Crippen LogP contribution in [0.15, 0.2) is 48.8 Å². The number of hydrogen-bond donors (Lipinski definition) is 1. The predicted molar refractivity (Wildman–Crippen MR) is 142 cm³/mol. The van der Waals surface area contributed by atoms with Gasteiger partial charge in [-0.25, -0.2) is 0 Å². The smallest absolute Gasteiger partial charge is 0.251 e. The van der Waals surface area contributed by atoms with Crippen LogP contribution in [-0.2, 0) is 15.0 Å². The highest BCUT2D eigenvalue weighted by atomic mass is 16.2. The van der Waals surface area contributed by atoms with Crippen LogP contribution in [0, 0.1) is 23.3 Å². The minimum absolute atomic E-state index is 0.0429. The summed E-state index contributed by atoms with van der Waals surface area (Å²) in [6.45, 7) is 7.06. The van der Waals surface area contributed by atoms with Crippen LogP contribution in [0.5, 0.6) is 0 Å². The van der Waals surface area contributed by atoms with E-state index in [1.54, 1.807) is 28.3 Å². The normalized spacial score (nSPS) is 24.1. The number of hydrogen-bond acceptors (Lipinski definition) is 5. The Bertz CT molecular complexity index is 1160. The van der Waals surface area contributed by atoms with Gasteiger partial charge in [-0.05, 0) is 60.3 Å². The largest absolute Gasteiger partial charge is 0.351 e. The van der Waals surface area contributed by atoms with E-state index in [2.05, 4.69) is 37.3 Å². The van der Waals surface area contributed by atoms with Crippen LogP contribution in [0.3, 0.4) is 0 Å². The Morgan fingerprint density at radius 3 is 2.49 bits per heavy atom. The van der Waals surface area contributed by atoms with Crippen LogP contribution in [0.25, 0.3) is 0 Å². The molecule has 1 saturated heterocycles. The molecule has 7 heteroatoms. The highest BCUT2D eigenvalue weighted by Crippen LogP contribution is 2.50. The lowest BCUT2D eigenvalue weighted by molar-refractivity contribution is -0.129. The maximum Gasteiger partial charge on any atom is 0.251 e. The summed E-state index contributed by atoms with van der Waals surface area (Å²) < 4.78 is 0. The van der Waals surface area contributed by atoms with Gasteiger partial charge in [-0.15, -0.1) is 0 Å². The van der Waals surface area contributed by atoms with Gasteiger partial charge in [0.2, 0.25) is 5.91 Å². The van der Waals surface area contributed by atoms with Crippen LogP contribution < -0.4 is 10.2 Å². The molecule has 1 aromatic heterocycles. The molecule has 1 aliphatic heterocycles. The van der Waals surface area contributed by atoms with Gasteiger partial charge in [0.05, 0.1) is 0 Å². The summed E-state index contributed by atoms with van der Waals surface area (Å²) in [6, 6.07) is 10.3. The van der Waals surface area contributed by atoms with Crippen LogP contribution >= 0.6 is 0 Å². The number of aromatic nitrogens is 1. The van der Waals surface area contributed by atoms with Crippen molar-refractivity contribution in [2.45, 2.75) is 82.8 Å². The molecule has 3 fully saturated rings. The molecular weight excluding hydrogens is 462 g/mol. The van der Waals surface area contributed by atoms with Crippen molar-refractivity contribution in [3.05, 3.63) is 59.9 Å². The van der Waals surface area contributed by atoms with E-state index in [1.807, 2.05) is 30.3 Å². The molecule has 1 aromatic carbocycles. The molecule has 4 atom stereocenters. The molecule has 1 N–H and O–H groups in total. The number of carbonyl (C=O) groups is 2. The van der Waals surface area contributed by atoms with Crippen molar-refractivity contribution in [3.63, 3.8) is 0 Å². The maximum absolute atomic E-state index is 14.4. The average Bonchev–Trinajstić information content (AvgIpc) is 3.56. The van der Waals surface area contributed by atoms with Crippen molar-refractivity contribution < 1.29 is 9.59 Å². The number of nitriles is 1. The van der Waals surface area contributed by atoms with Gasteiger partial charge in [-0.1, -0.05) is 58.2 Å². The molecule has 37 heavy (non-hydrogen) atoms. The third-order valence-corrected chi connectivity index (χ3v) is 8.24. The van der Waals surface area contributed by atoms with Crippen molar-refractivity contribution in [3.8, 4) is 6.19 Å². The van der Waals surface area contributed by atoms with E-state index in [9.17, 15) is 14.9 Å². The van der Waals surface area contributed by atoms with Crippen LogP contribution in [-0.4, -0.2) is 40.3 Å². The van der Waals surface area contributed by atoms with E-state index in [4.69, 9.17) is 0 Å². The maximum atomic E-state index is 14.4. The zero-order valence-corrected chi connectivity index (χ0v) is 22.1. The lowest BCUT2D eigenvalue weighted by Crippen LogP contribution is -2.52. The summed E-state index contributed by atoms with van der Waals surface area (Å²) in [5.41, 5.74) is 2.43. The molecule has 1 unspecified atom stereocenters. The number of nitrogens with one attached hydrogen (secondary N) is 1. The lowest BCUT2D eigenvalue weighted by Gasteiger charge is -2.36. The predicted octanol–water partition coefficient (Wildman–Crippen LogP) is 4.70. The molecule has 2 aliphatic carbocycles. The minimum atomic E-state index is -0.873. The zero-order chi connectivity index (χ0) is 26.2. The second-order valence-corrected chi connectivity index (χ2v) is 11.9. The van der Waals surface area contributed by atoms with Gasteiger partial charge >= 0.3 is 0 Å². The van der Waals surface area contributed by atoms with Gasteiger partial charge in [0.25, 0.3) is 5.91 Å². The van der Waals surface area contributed by atoms with Gasteiger partial charge in [0, 0.05) is 36.2 Å². The number of pyridine rings is 1. The Morgan fingerprint density at radius 1 is 1.14 bits per heavy atom. The summed E-state index contributed by atoms with van der Waals surface area (Å²) in [7, 11) is 0. The Kier molecular flexibility index (Phi) is 6.94. The molecule has 2 saturated carbocycles. The number of likely N-dealkylation sites (tertiary alicyclic amines) is 1. The molecule has 2 amide bonds. The van der Waals surface area contributed by atoms with E-state index in [-0.39, 0.29) is 29.2 Å². The zero-order valence-electron chi connectivity index (χ0n) is 22.1. The van der Waals surface area contributed by atoms with Crippen LogP contribution in [0.4, 0.5) is 5.69 Å². The minimum Gasteiger partial charge on any atom is -0.351 e. The van der Waals surface area contributed by atoms with Gasteiger partial charge < -0.3 is 5.32 Å². The SMILES string of the molecule is CC(C)(C)c1ccc(N(C(=O)[C@H]2[C@@H]3C[C@@H]3CN2C#N)C(C(=O)NC2CCCCC2)c2cccnc2)cc1. The number of amides is 2. The third kappa shape index (κ3) is 5.20. The molecule has 0 radical (unpaired) electrons. The van der Waals surface area contributed by atoms with Gasteiger partial charge in [-0.2, -0.15) is 5.26 Å². The fourth-order valence-corrected chi connectivity index (χ4v) is 6.04. The summed E-state index contributed by atoms with van der Waals surface area (Å²) in [6.07, 6.45) is 11.8. The first-order chi connectivity index (χ1) is 17.8. The molecule has 3 aliphatic rings. The van der Waals surface area contributed by atoms with Crippen molar-refractivity contribution in [2.75, 3.05) is 11.4 Å². The van der Waals surface area contributed by atoms with Gasteiger partial charge in [-0.3, -0.25) is 24.4 Å². The van der Waals surface area contributed by atoms with Crippen molar-refractivity contribution in [1.29, 1.82) is 5.26 Å². The fourth-order valence-electron chi connectivity index (χ4n) is 6.04. The highest BCUT2D eigenvalue weighted by molar-refractivity contribution is 6.04. The molecule has 2 aromatic rings. The van der Waals surface area contributed by atoms with Crippen LogP contribution in [0.2, 0.25) is 0 Å². The number of rotatable bonds is 6. The summed E-state index contributed by atoms with van der Waals surface area (Å²) >= 11 is 0. The van der Waals surface area contributed by atoms with E-state index in [0.717, 1.165) is 37.7 Å². The van der Waals surface area contributed by atoms with Gasteiger partial charge in [0.1, 0.15) is 12.1 Å². The second kappa shape index (κ2) is 10.2. The standard InChI is InChI=1S/C30H37N5O2/c1-30(2,3)22-11-13-24(14-12-22)35(29(37)27-25-16-21(25)18-34(27)19-31)26(20-8-7-15-32-17-20)28(36)33-23-9-5-4-6-10-23/h7-8,11-15,17,21,23,25-27H,4-6,9-10,16,18H2,1-3H3,(H,33,36)/t21-,25-,26?,27-/m1/s1. The highest BCUT2D eigenvalue weighted by Gasteiger charge is 2.57. The first kappa shape index (κ1) is 25.3. The molecule has 2 heterocycles. The molecule has 7 nitrogen and oxygen atoms in total. The first-order valence-electron chi connectivity index (χ1n) is 13.6. The van der Waals surface area contributed by atoms with E-state index < -0.39 is 12.1 Å².